The lowest BCUT2D eigenvalue weighted by atomic mass is 10.1. The third kappa shape index (κ3) is 2.38. The fourth-order valence-electron chi connectivity index (χ4n) is 2.83. The number of hydrogen-bond donors (Lipinski definition) is 2. The van der Waals surface area contributed by atoms with Crippen molar-refractivity contribution < 1.29 is 9.18 Å². The molecule has 2 aromatic rings. The number of anilines is 1. The fourth-order valence-corrected chi connectivity index (χ4v) is 3.88. The van der Waals surface area contributed by atoms with E-state index in [0.717, 1.165) is 0 Å². The van der Waals surface area contributed by atoms with Crippen LogP contribution in [0.25, 0.3) is 10.1 Å². The van der Waals surface area contributed by atoms with Crippen molar-refractivity contribution in [3.63, 3.8) is 0 Å². The predicted octanol–water partition coefficient (Wildman–Crippen LogP) is 3.54. The first-order valence-corrected chi connectivity index (χ1v) is 7.73. The number of fused-ring (bicyclic) bond motifs is 1. The summed E-state index contributed by atoms with van der Waals surface area (Å²) in [5.74, 6) is 0.0207. The molecular weight excluding hydrogens is 275 g/mol. The van der Waals surface area contributed by atoms with E-state index in [1.807, 2.05) is 0 Å². The topological polar surface area (TPSA) is 55.1 Å². The molecule has 1 aromatic heterocycles. The third-order valence-corrected chi connectivity index (χ3v) is 5.10. The van der Waals surface area contributed by atoms with Gasteiger partial charge in [-0.05, 0) is 30.9 Å². The molecule has 0 atom stereocenters. The largest absolute Gasteiger partial charge is 0.397 e. The summed E-state index contributed by atoms with van der Waals surface area (Å²) in [6.07, 6.45) is 4.85. The maximum Gasteiger partial charge on any atom is 0.263 e. The molecule has 1 amide bonds. The van der Waals surface area contributed by atoms with Crippen molar-refractivity contribution in [3.05, 3.63) is 28.9 Å². The van der Waals surface area contributed by atoms with E-state index in [1.165, 1.54) is 43.1 Å². The average Bonchev–Trinajstić information content (AvgIpc) is 3.05. The van der Waals surface area contributed by atoms with E-state index in [9.17, 15) is 9.18 Å². The van der Waals surface area contributed by atoms with Gasteiger partial charge in [0.1, 0.15) is 10.7 Å². The Morgan fingerprint density at radius 3 is 2.85 bits per heavy atom. The van der Waals surface area contributed by atoms with Crippen LogP contribution < -0.4 is 11.1 Å². The highest BCUT2D eigenvalue weighted by Gasteiger charge is 2.20. The summed E-state index contributed by atoms with van der Waals surface area (Å²) in [4.78, 5) is 12.6. The quantitative estimate of drug-likeness (QED) is 0.909. The van der Waals surface area contributed by atoms with Crippen LogP contribution in [0, 0.1) is 11.7 Å². The minimum atomic E-state index is -0.369. The van der Waals surface area contributed by atoms with Crippen LogP contribution in [0.2, 0.25) is 0 Å². The van der Waals surface area contributed by atoms with E-state index in [-0.39, 0.29) is 17.4 Å². The van der Waals surface area contributed by atoms with Gasteiger partial charge in [-0.3, -0.25) is 4.79 Å². The molecule has 106 valence electrons. The van der Waals surface area contributed by atoms with Gasteiger partial charge in [0.05, 0.1) is 11.1 Å². The number of nitrogen functional groups attached to an aromatic ring is 1. The van der Waals surface area contributed by atoms with Crippen molar-refractivity contribution in [1.82, 2.24) is 5.32 Å². The summed E-state index contributed by atoms with van der Waals surface area (Å²) in [5.41, 5.74) is 6.19. The van der Waals surface area contributed by atoms with Crippen LogP contribution in [-0.2, 0) is 0 Å². The maximum absolute atomic E-state index is 13.8. The molecule has 5 heteroatoms. The number of amides is 1. The Bertz CT molecular complexity index is 647. The number of carbonyl (C=O) groups excluding carboxylic acids is 1. The SMILES string of the molecule is Nc1c(C(=O)NCC2CCCC2)sc2cccc(F)c12. The Kier molecular flexibility index (Phi) is 3.61. The van der Waals surface area contributed by atoms with Crippen LogP contribution >= 0.6 is 11.3 Å². The van der Waals surface area contributed by atoms with Gasteiger partial charge in [0, 0.05) is 11.2 Å². The Morgan fingerprint density at radius 1 is 1.40 bits per heavy atom. The minimum Gasteiger partial charge on any atom is -0.397 e. The highest BCUT2D eigenvalue weighted by molar-refractivity contribution is 7.21. The molecule has 1 heterocycles. The minimum absolute atomic E-state index is 0.185. The fraction of sp³-hybridized carbons (Fsp3) is 0.400. The number of nitrogens with one attached hydrogen (secondary N) is 1. The van der Waals surface area contributed by atoms with Crippen LogP contribution in [0.4, 0.5) is 10.1 Å². The van der Waals surface area contributed by atoms with E-state index in [4.69, 9.17) is 5.73 Å². The normalized spacial score (nSPS) is 15.8. The molecule has 3 rings (SSSR count). The summed E-state index contributed by atoms with van der Waals surface area (Å²) in [6.45, 7) is 0.689. The zero-order valence-electron chi connectivity index (χ0n) is 11.1. The number of nitrogens with two attached hydrogens (primary N) is 1. The van der Waals surface area contributed by atoms with Gasteiger partial charge in [-0.2, -0.15) is 0 Å². The lowest BCUT2D eigenvalue weighted by Crippen LogP contribution is -2.28. The van der Waals surface area contributed by atoms with Crippen molar-refractivity contribution in [2.75, 3.05) is 12.3 Å². The summed E-state index contributed by atoms with van der Waals surface area (Å²) >= 11 is 1.25. The molecule has 3 nitrogen and oxygen atoms in total. The van der Waals surface area contributed by atoms with E-state index >= 15 is 0 Å². The van der Waals surface area contributed by atoms with Gasteiger partial charge in [0.25, 0.3) is 5.91 Å². The molecule has 1 aromatic carbocycles. The van der Waals surface area contributed by atoms with Crippen LogP contribution in [-0.4, -0.2) is 12.5 Å². The molecule has 0 spiro atoms. The molecule has 3 N–H and O–H groups in total. The molecule has 0 radical (unpaired) electrons. The van der Waals surface area contributed by atoms with Crippen LogP contribution in [0.3, 0.4) is 0 Å². The van der Waals surface area contributed by atoms with Gasteiger partial charge in [0.15, 0.2) is 0 Å². The second-order valence-electron chi connectivity index (χ2n) is 5.32. The van der Waals surface area contributed by atoms with Crippen molar-refractivity contribution >= 4 is 33.0 Å². The lowest BCUT2D eigenvalue weighted by Gasteiger charge is -2.09. The number of carbonyl (C=O) groups is 1. The van der Waals surface area contributed by atoms with Gasteiger partial charge in [-0.1, -0.05) is 18.9 Å². The number of rotatable bonds is 3. The van der Waals surface area contributed by atoms with Crippen molar-refractivity contribution in [2.24, 2.45) is 5.92 Å². The highest BCUT2D eigenvalue weighted by atomic mass is 32.1. The van der Waals surface area contributed by atoms with E-state index in [0.29, 0.717) is 27.4 Å². The Balaban J connectivity index is 1.80. The molecule has 0 unspecified atom stereocenters. The number of benzene rings is 1. The molecular formula is C15H17FN2OS. The summed E-state index contributed by atoms with van der Waals surface area (Å²) < 4.78 is 14.5. The molecule has 0 bridgehead atoms. The Labute approximate surface area is 121 Å². The zero-order chi connectivity index (χ0) is 14.1. The molecule has 1 saturated carbocycles. The number of hydrogen-bond acceptors (Lipinski definition) is 3. The molecule has 1 aliphatic rings. The maximum atomic E-state index is 13.8. The zero-order valence-corrected chi connectivity index (χ0v) is 11.9. The number of halogens is 1. The van der Waals surface area contributed by atoms with Crippen molar-refractivity contribution in [3.8, 4) is 0 Å². The van der Waals surface area contributed by atoms with E-state index < -0.39 is 0 Å². The first-order valence-electron chi connectivity index (χ1n) is 6.91. The highest BCUT2D eigenvalue weighted by Crippen LogP contribution is 2.35. The second-order valence-corrected chi connectivity index (χ2v) is 6.37. The standard InChI is InChI=1S/C15H17FN2OS/c16-10-6-3-7-11-12(10)13(17)14(20-11)15(19)18-8-9-4-1-2-5-9/h3,6-7,9H,1-2,4-5,8,17H2,(H,18,19). The van der Waals surface area contributed by atoms with Gasteiger partial charge < -0.3 is 11.1 Å². The number of thiophene rings is 1. The first kappa shape index (κ1) is 13.4. The smallest absolute Gasteiger partial charge is 0.263 e. The summed E-state index contributed by atoms with van der Waals surface area (Å²) in [6, 6.07) is 4.78. The van der Waals surface area contributed by atoms with Gasteiger partial charge in [0.2, 0.25) is 0 Å². The van der Waals surface area contributed by atoms with Crippen LogP contribution in [0.5, 0.6) is 0 Å². The summed E-state index contributed by atoms with van der Waals surface area (Å²) in [7, 11) is 0. The van der Waals surface area contributed by atoms with Crippen LogP contribution in [0.15, 0.2) is 18.2 Å². The molecule has 1 fully saturated rings. The Hall–Kier alpha value is -1.62. The van der Waals surface area contributed by atoms with E-state index in [1.54, 1.807) is 12.1 Å². The third-order valence-electron chi connectivity index (χ3n) is 3.93. The lowest BCUT2D eigenvalue weighted by molar-refractivity contribution is 0.0952. The molecule has 0 saturated heterocycles. The van der Waals surface area contributed by atoms with Gasteiger partial charge >= 0.3 is 0 Å². The van der Waals surface area contributed by atoms with Gasteiger partial charge in [-0.15, -0.1) is 11.3 Å². The van der Waals surface area contributed by atoms with Gasteiger partial charge in [-0.25, -0.2) is 4.39 Å². The first-order chi connectivity index (χ1) is 9.66. The predicted molar refractivity (Wildman–Crippen MR) is 80.5 cm³/mol. The second kappa shape index (κ2) is 5.40. The van der Waals surface area contributed by atoms with Crippen molar-refractivity contribution in [1.29, 1.82) is 0 Å². The summed E-state index contributed by atoms with van der Waals surface area (Å²) in [5, 5.41) is 3.30. The van der Waals surface area contributed by atoms with Crippen molar-refractivity contribution in [2.45, 2.75) is 25.7 Å². The van der Waals surface area contributed by atoms with E-state index in [2.05, 4.69) is 5.32 Å². The molecule has 1 aliphatic carbocycles. The molecule has 20 heavy (non-hydrogen) atoms. The Morgan fingerprint density at radius 2 is 2.15 bits per heavy atom. The molecule has 0 aliphatic heterocycles. The van der Waals surface area contributed by atoms with Crippen LogP contribution in [0.1, 0.15) is 35.4 Å². The average molecular weight is 292 g/mol. The monoisotopic (exact) mass is 292 g/mol.